The van der Waals surface area contributed by atoms with Gasteiger partial charge in [-0.05, 0) is 0 Å². The molecule has 0 unspecified atom stereocenters. The molecular formula is C32H16IInN8. The first kappa shape index (κ1) is 23.4. The van der Waals surface area contributed by atoms with Gasteiger partial charge in [-0.1, -0.05) is 0 Å². The van der Waals surface area contributed by atoms with Crippen molar-refractivity contribution in [2.45, 2.75) is 0 Å². The Labute approximate surface area is 256 Å². The molecule has 4 aromatic carbocycles. The maximum absolute atomic E-state index is 5.32. The summed E-state index contributed by atoms with van der Waals surface area (Å²) in [5.74, 6) is 4.46. The zero-order chi connectivity index (χ0) is 27.5. The van der Waals surface area contributed by atoms with Gasteiger partial charge in [0.2, 0.25) is 0 Å². The number of benzene rings is 4. The van der Waals surface area contributed by atoms with Gasteiger partial charge in [0.05, 0.1) is 0 Å². The normalized spacial score (nSPS) is 15.7. The molecule has 0 atom stereocenters. The number of aliphatic imine (C=N–C) groups is 4. The Hall–Kier alpha value is -4.16. The van der Waals surface area contributed by atoms with Crippen LogP contribution in [0.1, 0.15) is 22.3 Å². The number of amidine groups is 4. The summed E-state index contributed by atoms with van der Waals surface area (Å²) < 4.78 is 4.79. The Balaban J connectivity index is 1.50. The van der Waals surface area contributed by atoms with Crippen LogP contribution in [0, 0.1) is 0 Å². The van der Waals surface area contributed by atoms with Gasteiger partial charge in [0, 0.05) is 0 Å². The van der Waals surface area contributed by atoms with Crippen molar-refractivity contribution in [3.63, 3.8) is 0 Å². The van der Waals surface area contributed by atoms with Crippen LogP contribution >= 0.6 is 18.1 Å². The van der Waals surface area contributed by atoms with Crippen molar-refractivity contribution in [3.05, 3.63) is 130 Å². The molecule has 0 spiro atoms. The first-order chi connectivity index (χ1) is 20.7. The Morgan fingerprint density at radius 2 is 0.762 bits per heavy atom. The van der Waals surface area contributed by atoms with Crippen LogP contribution in [-0.2, 0) is 0 Å². The third kappa shape index (κ3) is 3.03. The van der Waals surface area contributed by atoms with Gasteiger partial charge in [-0.3, -0.25) is 0 Å². The molecule has 10 rings (SSSR count). The van der Waals surface area contributed by atoms with E-state index >= 15 is 0 Å². The maximum atomic E-state index is 5.32. The molecule has 0 amide bonds. The number of fused-ring (bicyclic) bond motifs is 14. The van der Waals surface area contributed by atoms with Crippen LogP contribution in [0.2, 0.25) is 0 Å². The summed E-state index contributed by atoms with van der Waals surface area (Å²) >= 11 is -0.505. The number of hydrogen-bond donors (Lipinski definition) is 0. The zero-order valence-corrected chi connectivity index (χ0v) is 27.2. The van der Waals surface area contributed by atoms with E-state index < -0.39 is 17.9 Å². The predicted octanol–water partition coefficient (Wildman–Crippen LogP) is 5.36. The third-order valence-electron chi connectivity index (χ3n) is 8.25. The van der Waals surface area contributed by atoms with E-state index in [2.05, 4.69) is 96.0 Å². The second kappa shape index (κ2) is 8.45. The van der Waals surface area contributed by atoms with E-state index in [1.807, 2.05) is 24.3 Å². The van der Waals surface area contributed by atoms with E-state index in [1.165, 1.54) is 0 Å². The minimum atomic E-state index is -3.19. The molecule has 4 aliphatic heterocycles. The summed E-state index contributed by atoms with van der Waals surface area (Å²) in [6.07, 6.45) is 0. The van der Waals surface area contributed by atoms with E-state index in [-0.39, 0.29) is 0 Å². The minimum absolute atomic E-state index is 0.677. The predicted molar refractivity (Wildman–Crippen MR) is 175 cm³/mol. The second-order valence-corrected chi connectivity index (χ2v) is 22.7. The van der Waals surface area contributed by atoms with Crippen molar-refractivity contribution in [2.24, 2.45) is 30.0 Å². The first-order valence-corrected chi connectivity index (χ1v) is 26.2. The number of hydrogen-bond acceptors (Lipinski definition) is 6. The van der Waals surface area contributed by atoms with Crippen LogP contribution < -0.4 is 11.0 Å². The molecule has 194 valence electrons. The SMILES string of the molecule is [I][In]1[n]2c3c4ccccc4c2N=C2N=C(N=c4c5ccccc5c([n]41)=NC1=NC(=N3)c3ccccc31)c1ccccc12. The van der Waals surface area contributed by atoms with Gasteiger partial charge in [-0.15, -0.1) is 0 Å². The molecule has 6 bridgehead atoms. The van der Waals surface area contributed by atoms with E-state index in [9.17, 15) is 0 Å². The summed E-state index contributed by atoms with van der Waals surface area (Å²) in [5.41, 5.74) is 5.69. The van der Waals surface area contributed by atoms with Crippen LogP contribution in [0.25, 0.3) is 21.5 Å². The van der Waals surface area contributed by atoms with E-state index in [0.717, 1.165) is 66.4 Å². The molecule has 6 heterocycles. The van der Waals surface area contributed by atoms with Gasteiger partial charge in [0.15, 0.2) is 0 Å². The Morgan fingerprint density at radius 1 is 0.405 bits per heavy atom. The molecule has 0 aliphatic carbocycles. The molecule has 8 nitrogen and oxygen atoms in total. The molecule has 0 radical (unpaired) electrons. The number of halogens is 1. The molecule has 42 heavy (non-hydrogen) atoms. The topological polar surface area (TPSA) is 84.0 Å². The first-order valence-electron chi connectivity index (χ1n) is 13.6. The molecule has 0 fully saturated rings. The summed E-state index contributed by atoms with van der Waals surface area (Å²) in [5, 5.41) is 4.20. The fraction of sp³-hybridized carbons (Fsp3) is 0. The molecule has 2 aromatic heterocycles. The van der Waals surface area contributed by atoms with Crippen molar-refractivity contribution < 1.29 is 0 Å². The average Bonchev–Trinajstić information content (AvgIpc) is 3.74. The van der Waals surface area contributed by atoms with Gasteiger partial charge >= 0.3 is 258 Å². The zero-order valence-electron chi connectivity index (χ0n) is 21.8. The fourth-order valence-electron chi connectivity index (χ4n) is 6.37. The summed E-state index contributed by atoms with van der Waals surface area (Å²) in [7, 11) is 0. The second-order valence-electron chi connectivity index (χ2n) is 10.5. The van der Waals surface area contributed by atoms with Crippen molar-refractivity contribution in [3.8, 4) is 0 Å². The number of rotatable bonds is 0. The van der Waals surface area contributed by atoms with E-state index in [4.69, 9.17) is 30.0 Å². The van der Waals surface area contributed by atoms with Crippen molar-refractivity contribution in [1.82, 2.24) is 5.11 Å². The van der Waals surface area contributed by atoms with Crippen LogP contribution in [0.5, 0.6) is 0 Å². The molecular weight excluding hydrogens is 738 g/mol. The number of nitrogens with zero attached hydrogens (tertiary/aromatic N) is 8. The van der Waals surface area contributed by atoms with Crippen molar-refractivity contribution in [2.75, 3.05) is 0 Å². The Kier molecular flexibility index (Phi) is 4.71. The molecule has 10 heteroatoms. The average molecular weight is 754 g/mol. The molecule has 0 saturated carbocycles. The van der Waals surface area contributed by atoms with Crippen molar-refractivity contribution >= 4 is 92.5 Å². The molecule has 4 aliphatic rings. The quantitative estimate of drug-likeness (QED) is 0.188. The van der Waals surface area contributed by atoms with Gasteiger partial charge < -0.3 is 0 Å². The third-order valence-corrected chi connectivity index (χ3v) is 20.9. The Bertz CT molecular complexity index is 2330. The standard InChI is InChI=1S/C32H16N8.HI.In/c1-2-10-18-17(9-1)25-33-26(18)38-28-21-13-5-6-14-22(21)30(35-28)40-32-24-16-8-7-15-23(24)31(36-32)39-29-20-12-4-3-11-19(20)27(34-29)37-25;;/h1-16H;1H;/q-2;;+3/p-1. The summed E-state index contributed by atoms with van der Waals surface area (Å²) in [4.78, 5) is 31.4. The van der Waals surface area contributed by atoms with Crippen LogP contribution in [0.3, 0.4) is 0 Å². The fourth-order valence-corrected chi connectivity index (χ4v) is 18.7. The van der Waals surface area contributed by atoms with E-state index in [0.29, 0.717) is 23.3 Å². The van der Waals surface area contributed by atoms with Crippen LogP contribution in [0.15, 0.2) is 127 Å². The van der Waals surface area contributed by atoms with Gasteiger partial charge in [-0.2, -0.15) is 0 Å². The summed E-state index contributed by atoms with van der Waals surface area (Å²) in [6.45, 7) is 0. The summed E-state index contributed by atoms with van der Waals surface area (Å²) in [6, 6.07) is 33.3. The van der Waals surface area contributed by atoms with Gasteiger partial charge in [0.1, 0.15) is 0 Å². The molecule has 6 aromatic rings. The van der Waals surface area contributed by atoms with Gasteiger partial charge in [0.25, 0.3) is 0 Å². The Morgan fingerprint density at radius 3 is 1.19 bits per heavy atom. The van der Waals surface area contributed by atoms with Crippen LogP contribution in [0.4, 0.5) is 11.6 Å². The molecule has 0 N–H and O–H groups in total. The van der Waals surface area contributed by atoms with E-state index in [1.54, 1.807) is 0 Å². The molecule has 0 saturated heterocycles. The number of aromatic nitrogens is 2. The van der Waals surface area contributed by atoms with Gasteiger partial charge in [-0.25, -0.2) is 0 Å². The van der Waals surface area contributed by atoms with Crippen LogP contribution in [-0.4, -0.2) is 46.3 Å². The van der Waals surface area contributed by atoms with Crippen molar-refractivity contribution in [1.29, 1.82) is 0 Å². The monoisotopic (exact) mass is 754 g/mol.